The molecule has 0 saturated carbocycles. The fourth-order valence-electron chi connectivity index (χ4n) is 5.56. The first-order chi connectivity index (χ1) is 26.1. The van der Waals surface area contributed by atoms with E-state index >= 15 is 0 Å². The van der Waals surface area contributed by atoms with Crippen molar-refractivity contribution in [1.82, 2.24) is 14.9 Å². The van der Waals surface area contributed by atoms with E-state index in [1.807, 2.05) is 48.5 Å². The number of aliphatic carboxylic acids is 1. The maximum atomic E-state index is 12.9. The van der Waals surface area contributed by atoms with Gasteiger partial charge in [0.25, 0.3) is 0 Å². The maximum absolute atomic E-state index is 12.9. The lowest BCUT2D eigenvalue weighted by atomic mass is 10.1. The van der Waals surface area contributed by atoms with Crippen molar-refractivity contribution in [2.75, 3.05) is 20.3 Å². The first-order valence-corrected chi connectivity index (χ1v) is 19.4. The molecule has 0 aliphatic rings. The molecule has 280 valence electrons. The molecule has 1 amide bonds. The molecule has 9 nitrogen and oxygen atoms in total. The van der Waals surface area contributed by atoms with Gasteiger partial charge in [0, 0.05) is 27.3 Å². The van der Waals surface area contributed by atoms with E-state index in [1.54, 1.807) is 53.9 Å². The predicted molar refractivity (Wildman–Crippen MR) is 216 cm³/mol. The molecular formula is C43H45N3O6S2. The van der Waals surface area contributed by atoms with E-state index in [2.05, 4.69) is 62.2 Å². The standard InChI is InChI=1S/C30H30N2O6S.C13H15NS/c1-20(32(19-28(33)34)30(35)38-26-15-13-24(36-3)14-16-26)22-9-11-25(12-10-22)37-18-17-27-21(2)39-29(31-27)23-7-5-4-6-8-23;1-3-7-12-10(2)15-13(14-12)11-8-5-4-6-9-11/h4-16,20H,17-19H2,1-3H3,(H,33,34);4-6,8-9H,3,7H2,1-2H3/t20-;/m1./s1. The molecule has 0 saturated heterocycles. The summed E-state index contributed by atoms with van der Waals surface area (Å²) >= 11 is 3.47. The quantitative estimate of drug-likeness (QED) is 0.117. The highest BCUT2D eigenvalue weighted by Crippen LogP contribution is 2.30. The van der Waals surface area contributed by atoms with E-state index in [-0.39, 0.29) is 0 Å². The normalized spacial score (nSPS) is 11.2. The third-order valence-electron chi connectivity index (χ3n) is 8.56. The van der Waals surface area contributed by atoms with Crippen LogP contribution in [0.5, 0.6) is 17.2 Å². The third-order valence-corrected chi connectivity index (χ3v) is 10.7. The number of carboxylic acid groups (broad SMARTS) is 1. The number of carbonyl (C=O) groups excluding carboxylic acids is 1. The minimum atomic E-state index is -1.14. The Morgan fingerprint density at radius 3 is 1.72 bits per heavy atom. The number of benzene rings is 4. The Labute approximate surface area is 324 Å². The Morgan fingerprint density at radius 1 is 0.722 bits per heavy atom. The molecule has 6 rings (SSSR count). The summed E-state index contributed by atoms with van der Waals surface area (Å²) in [5, 5.41) is 11.5. The number of carbonyl (C=O) groups is 2. The van der Waals surface area contributed by atoms with E-state index in [0.717, 1.165) is 38.2 Å². The lowest BCUT2D eigenvalue weighted by molar-refractivity contribution is -0.138. The Morgan fingerprint density at radius 2 is 1.22 bits per heavy atom. The molecule has 4 aromatic carbocycles. The molecule has 0 aliphatic heterocycles. The molecule has 1 N–H and O–H groups in total. The average Bonchev–Trinajstić information content (AvgIpc) is 3.76. The molecule has 1 atom stereocenters. The molecule has 0 radical (unpaired) electrons. The molecule has 0 aliphatic carbocycles. The summed E-state index contributed by atoms with van der Waals surface area (Å²) in [6, 6.07) is 33.7. The number of aromatic nitrogens is 2. The first kappa shape index (κ1) is 39.7. The highest BCUT2D eigenvalue weighted by Gasteiger charge is 2.26. The highest BCUT2D eigenvalue weighted by molar-refractivity contribution is 7.15. The van der Waals surface area contributed by atoms with Gasteiger partial charge >= 0.3 is 12.1 Å². The number of amides is 1. The summed E-state index contributed by atoms with van der Waals surface area (Å²) in [4.78, 5) is 37.5. The third kappa shape index (κ3) is 11.0. The topological polar surface area (TPSA) is 111 Å². The molecule has 0 fully saturated rings. The predicted octanol–water partition coefficient (Wildman–Crippen LogP) is 10.5. The van der Waals surface area contributed by atoms with Gasteiger partial charge in [0.05, 0.1) is 31.1 Å². The van der Waals surface area contributed by atoms with E-state index in [4.69, 9.17) is 19.2 Å². The SMILES string of the molecule is CCCc1nc(-c2ccccc2)sc1C.COc1ccc(OC(=O)N(CC(=O)O)[C@H](C)c2ccc(OCCc3nc(-c4ccccc4)sc3C)cc2)cc1. The summed E-state index contributed by atoms with van der Waals surface area (Å²) in [6.45, 7) is 8.14. The van der Waals surface area contributed by atoms with Crippen LogP contribution in [0.15, 0.2) is 109 Å². The monoisotopic (exact) mass is 763 g/mol. The number of carboxylic acids is 1. The zero-order chi connectivity index (χ0) is 38.5. The number of ether oxygens (including phenoxy) is 3. The Hall–Kier alpha value is -5.52. The number of hydrogen-bond acceptors (Lipinski definition) is 9. The van der Waals surface area contributed by atoms with Crippen LogP contribution in [0.25, 0.3) is 21.1 Å². The summed E-state index contributed by atoms with van der Waals surface area (Å²) in [5.41, 5.74) is 5.36. The van der Waals surface area contributed by atoms with Crippen molar-refractivity contribution in [1.29, 1.82) is 0 Å². The zero-order valence-corrected chi connectivity index (χ0v) is 32.8. The second-order valence-corrected chi connectivity index (χ2v) is 14.8. The van der Waals surface area contributed by atoms with E-state index in [9.17, 15) is 14.7 Å². The van der Waals surface area contributed by atoms with Gasteiger partial charge in [-0.05, 0) is 69.2 Å². The number of nitrogens with zero attached hydrogens (tertiary/aromatic N) is 3. The fourth-order valence-corrected chi connectivity index (χ4v) is 7.49. The second-order valence-electron chi connectivity index (χ2n) is 12.4. The minimum absolute atomic E-state index is 0.290. The van der Waals surface area contributed by atoms with Crippen LogP contribution in [-0.2, 0) is 17.6 Å². The summed E-state index contributed by atoms with van der Waals surface area (Å²) in [7, 11) is 1.54. The zero-order valence-electron chi connectivity index (χ0n) is 31.2. The molecule has 0 unspecified atom stereocenters. The second kappa shape index (κ2) is 19.5. The molecule has 54 heavy (non-hydrogen) atoms. The maximum Gasteiger partial charge on any atom is 0.416 e. The Bertz CT molecular complexity index is 2080. The van der Waals surface area contributed by atoms with Crippen LogP contribution in [-0.4, -0.2) is 52.3 Å². The molecule has 6 aromatic rings. The van der Waals surface area contributed by atoms with Crippen molar-refractivity contribution >= 4 is 34.7 Å². The summed E-state index contributed by atoms with van der Waals surface area (Å²) < 4.78 is 16.5. The molecule has 0 spiro atoms. The van der Waals surface area contributed by atoms with Gasteiger partial charge in [-0.3, -0.25) is 9.69 Å². The van der Waals surface area contributed by atoms with Gasteiger partial charge in [0.15, 0.2) is 0 Å². The van der Waals surface area contributed by atoms with Crippen LogP contribution < -0.4 is 14.2 Å². The lowest BCUT2D eigenvalue weighted by Gasteiger charge is -2.27. The van der Waals surface area contributed by atoms with Crippen molar-refractivity contribution < 1.29 is 28.9 Å². The van der Waals surface area contributed by atoms with Gasteiger partial charge in [-0.25, -0.2) is 14.8 Å². The summed E-state index contributed by atoms with van der Waals surface area (Å²) in [6.07, 6.45) is 2.18. The van der Waals surface area contributed by atoms with Crippen LogP contribution in [0.4, 0.5) is 4.79 Å². The number of hydrogen-bond donors (Lipinski definition) is 1. The van der Waals surface area contributed by atoms with Crippen LogP contribution in [0.2, 0.25) is 0 Å². The fraction of sp³-hybridized carbons (Fsp3) is 0.256. The van der Waals surface area contributed by atoms with E-state index in [1.165, 1.54) is 34.5 Å². The molecule has 2 aromatic heterocycles. The van der Waals surface area contributed by atoms with Gasteiger partial charge in [0.1, 0.15) is 33.8 Å². The Balaban J connectivity index is 0.000000310. The van der Waals surface area contributed by atoms with Gasteiger partial charge in [-0.1, -0.05) is 86.1 Å². The van der Waals surface area contributed by atoms with Crippen molar-refractivity contribution in [3.63, 3.8) is 0 Å². The number of rotatable bonds is 14. The number of methoxy groups -OCH3 is 1. The van der Waals surface area contributed by atoms with Crippen molar-refractivity contribution in [3.05, 3.63) is 136 Å². The van der Waals surface area contributed by atoms with Crippen LogP contribution in [0.1, 0.15) is 53.0 Å². The average molecular weight is 764 g/mol. The van der Waals surface area contributed by atoms with Crippen molar-refractivity contribution in [2.45, 2.75) is 53.0 Å². The van der Waals surface area contributed by atoms with Crippen LogP contribution in [0.3, 0.4) is 0 Å². The Kier molecular flexibility index (Phi) is 14.3. The molecule has 11 heteroatoms. The van der Waals surface area contributed by atoms with Gasteiger partial charge in [-0.15, -0.1) is 22.7 Å². The first-order valence-electron chi connectivity index (χ1n) is 17.8. The summed E-state index contributed by atoms with van der Waals surface area (Å²) in [5.74, 6) is 0.443. The van der Waals surface area contributed by atoms with E-state index < -0.39 is 24.6 Å². The molecule has 0 bridgehead atoms. The van der Waals surface area contributed by atoms with Gasteiger partial charge in [0.2, 0.25) is 0 Å². The lowest BCUT2D eigenvalue weighted by Crippen LogP contribution is -2.39. The van der Waals surface area contributed by atoms with Crippen molar-refractivity contribution in [2.24, 2.45) is 0 Å². The van der Waals surface area contributed by atoms with Gasteiger partial charge < -0.3 is 19.3 Å². The highest BCUT2D eigenvalue weighted by atomic mass is 32.1. The number of aryl methyl sites for hydroxylation is 3. The molecular weight excluding hydrogens is 719 g/mol. The van der Waals surface area contributed by atoms with Crippen LogP contribution >= 0.6 is 22.7 Å². The smallest absolute Gasteiger partial charge is 0.416 e. The number of thiazole rings is 2. The molecule has 2 heterocycles. The van der Waals surface area contributed by atoms with Crippen molar-refractivity contribution in [3.8, 4) is 38.4 Å². The van der Waals surface area contributed by atoms with Crippen LogP contribution in [0, 0.1) is 13.8 Å². The van der Waals surface area contributed by atoms with E-state index in [0.29, 0.717) is 30.3 Å². The van der Waals surface area contributed by atoms with Gasteiger partial charge in [-0.2, -0.15) is 0 Å². The minimum Gasteiger partial charge on any atom is -0.497 e. The largest absolute Gasteiger partial charge is 0.497 e.